The molecule has 24 heavy (non-hydrogen) atoms. The first kappa shape index (κ1) is 20.8. The highest BCUT2D eigenvalue weighted by Gasteiger charge is 2.12. The first-order valence-electron chi connectivity index (χ1n) is 7.45. The molecule has 0 radical (unpaired) electrons. The van der Waals surface area contributed by atoms with Crippen molar-refractivity contribution in [2.24, 2.45) is 4.99 Å². The second-order valence-corrected chi connectivity index (χ2v) is 6.23. The molecule has 0 aliphatic rings. The number of aliphatic imine (C=N–C) groups is 1. The van der Waals surface area contributed by atoms with Gasteiger partial charge in [0.25, 0.3) is 0 Å². The van der Waals surface area contributed by atoms with Crippen LogP contribution in [0.4, 0.5) is 8.78 Å². The summed E-state index contributed by atoms with van der Waals surface area (Å²) in [4.78, 5) is 4.18. The lowest BCUT2D eigenvalue weighted by Crippen LogP contribution is -2.40. The highest BCUT2D eigenvalue weighted by Crippen LogP contribution is 2.18. The van der Waals surface area contributed by atoms with E-state index in [-0.39, 0.29) is 30.0 Å². The molecule has 2 unspecified atom stereocenters. The van der Waals surface area contributed by atoms with E-state index in [4.69, 9.17) is 0 Å². The van der Waals surface area contributed by atoms with Crippen molar-refractivity contribution in [3.63, 3.8) is 0 Å². The summed E-state index contributed by atoms with van der Waals surface area (Å²) < 4.78 is 26.3. The van der Waals surface area contributed by atoms with Crippen molar-refractivity contribution in [1.29, 1.82) is 0 Å². The van der Waals surface area contributed by atoms with E-state index >= 15 is 0 Å². The summed E-state index contributed by atoms with van der Waals surface area (Å²) in [6.07, 6.45) is 0. The summed E-state index contributed by atoms with van der Waals surface area (Å²) in [5, 5.41) is 10.6. The third-order valence-corrected chi connectivity index (χ3v) is 4.41. The fourth-order valence-corrected chi connectivity index (χ4v) is 2.97. The Morgan fingerprint density at radius 1 is 1.17 bits per heavy atom. The SMILES string of the molecule is CN=C(NCC(C)c1ccsc1)NC(C)c1ccc(F)c(F)c1.I. The van der Waals surface area contributed by atoms with Gasteiger partial charge in [-0.3, -0.25) is 4.99 Å². The lowest BCUT2D eigenvalue weighted by atomic mass is 10.1. The Kier molecular flexibility index (Phi) is 8.61. The molecule has 2 N–H and O–H groups in total. The molecular weight excluding hydrogens is 443 g/mol. The largest absolute Gasteiger partial charge is 0.356 e. The van der Waals surface area contributed by atoms with Gasteiger partial charge in [-0.1, -0.05) is 13.0 Å². The minimum atomic E-state index is -0.842. The Bertz CT molecular complexity index is 662. The molecule has 7 heteroatoms. The van der Waals surface area contributed by atoms with Crippen molar-refractivity contribution < 1.29 is 8.78 Å². The summed E-state index contributed by atoms with van der Waals surface area (Å²) in [5.74, 6) is -0.694. The zero-order valence-corrected chi connectivity index (χ0v) is 17.0. The molecule has 132 valence electrons. The number of halogens is 3. The Morgan fingerprint density at radius 3 is 2.50 bits per heavy atom. The van der Waals surface area contributed by atoms with E-state index in [9.17, 15) is 8.78 Å². The van der Waals surface area contributed by atoms with Crippen LogP contribution >= 0.6 is 35.3 Å². The molecule has 2 atom stereocenters. The van der Waals surface area contributed by atoms with Gasteiger partial charge in [0, 0.05) is 13.6 Å². The molecule has 0 aliphatic heterocycles. The van der Waals surface area contributed by atoms with Crippen molar-refractivity contribution >= 4 is 41.3 Å². The number of nitrogens with one attached hydrogen (secondary N) is 2. The molecule has 2 aromatic rings. The lowest BCUT2D eigenvalue weighted by molar-refractivity contribution is 0.504. The van der Waals surface area contributed by atoms with Crippen molar-refractivity contribution in [3.05, 3.63) is 57.8 Å². The number of rotatable bonds is 5. The van der Waals surface area contributed by atoms with Crippen LogP contribution < -0.4 is 10.6 Å². The molecule has 0 saturated heterocycles. The zero-order chi connectivity index (χ0) is 16.8. The summed E-state index contributed by atoms with van der Waals surface area (Å²) in [6, 6.07) is 5.83. The number of benzene rings is 1. The van der Waals surface area contributed by atoms with Crippen LogP contribution in [0.25, 0.3) is 0 Å². The molecule has 1 aromatic heterocycles. The van der Waals surface area contributed by atoms with Crippen LogP contribution in [0.5, 0.6) is 0 Å². The molecule has 2 rings (SSSR count). The predicted octanol–water partition coefficient (Wildman–Crippen LogP) is 4.67. The van der Waals surface area contributed by atoms with Crippen molar-refractivity contribution in [3.8, 4) is 0 Å². The van der Waals surface area contributed by atoms with Crippen molar-refractivity contribution in [1.82, 2.24) is 10.6 Å². The molecule has 0 aliphatic carbocycles. The van der Waals surface area contributed by atoms with Crippen LogP contribution in [0, 0.1) is 11.6 Å². The van der Waals surface area contributed by atoms with Crippen LogP contribution in [-0.4, -0.2) is 19.6 Å². The average molecular weight is 465 g/mol. The number of thiophene rings is 1. The molecule has 0 fully saturated rings. The Balaban J connectivity index is 0.00000288. The Hall–Kier alpha value is -1.22. The van der Waals surface area contributed by atoms with Gasteiger partial charge in [-0.25, -0.2) is 8.78 Å². The third kappa shape index (κ3) is 5.70. The van der Waals surface area contributed by atoms with E-state index in [1.807, 2.05) is 6.92 Å². The topological polar surface area (TPSA) is 36.4 Å². The summed E-state index contributed by atoms with van der Waals surface area (Å²) in [6.45, 7) is 4.75. The van der Waals surface area contributed by atoms with E-state index in [2.05, 4.69) is 39.4 Å². The predicted molar refractivity (Wildman–Crippen MR) is 107 cm³/mol. The van der Waals surface area contributed by atoms with Crippen molar-refractivity contribution in [2.45, 2.75) is 25.8 Å². The van der Waals surface area contributed by atoms with Gasteiger partial charge < -0.3 is 10.6 Å². The standard InChI is InChI=1S/C17H21F2N3S.HI/c1-11(14-6-7-23-10-14)9-21-17(20-3)22-12(2)13-4-5-15(18)16(19)8-13;/h4-8,10-12H,9H2,1-3H3,(H2,20,21,22);1H. The van der Waals surface area contributed by atoms with E-state index < -0.39 is 11.6 Å². The van der Waals surface area contributed by atoms with Gasteiger partial charge in [-0.05, 0) is 52.9 Å². The maximum absolute atomic E-state index is 13.3. The van der Waals surface area contributed by atoms with Gasteiger partial charge in [0.15, 0.2) is 17.6 Å². The van der Waals surface area contributed by atoms with Crippen LogP contribution in [0.2, 0.25) is 0 Å². The second-order valence-electron chi connectivity index (χ2n) is 5.45. The van der Waals surface area contributed by atoms with Gasteiger partial charge in [-0.15, -0.1) is 24.0 Å². The van der Waals surface area contributed by atoms with Crippen LogP contribution in [0.15, 0.2) is 40.0 Å². The maximum atomic E-state index is 13.3. The third-order valence-electron chi connectivity index (χ3n) is 3.71. The zero-order valence-electron chi connectivity index (χ0n) is 13.8. The first-order valence-corrected chi connectivity index (χ1v) is 8.39. The highest BCUT2D eigenvalue weighted by molar-refractivity contribution is 14.0. The second kappa shape index (κ2) is 9.93. The van der Waals surface area contributed by atoms with E-state index in [1.54, 1.807) is 24.5 Å². The van der Waals surface area contributed by atoms with Crippen LogP contribution in [-0.2, 0) is 0 Å². The van der Waals surface area contributed by atoms with Gasteiger partial charge >= 0.3 is 0 Å². The Morgan fingerprint density at radius 2 is 1.92 bits per heavy atom. The molecule has 0 amide bonds. The first-order chi connectivity index (χ1) is 11.0. The number of hydrogen-bond donors (Lipinski definition) is 2. The minimum Gasteiger partial charge on any atom is -0.356 e. The maximum Gasteiger partial charge on any atom is 0.191 e. The highest BCUT2D eigenvalue weighted by atomic mass is 127. The fourth-order valence-electron chi connectivity index (χ4n) is 2.19. The molecule has 1 heterocycles. The normalized spacial score (nSPS) is 13.8. The monoisotopic (exact) mass is 465 g/mol. The quantitative estimate of drug-likeness (QED) is 0.383. The number of nitrogens with zero attached hydrogens (tertiary/aromatic N) is 1. The summed E-state index contributed by atoms with van der Waals surface area (Å²) in [5.41, 5.74) is 1.95. The van der Waals surface area contributed by atoms with Crippen molar-refractivity contribution in [2.75, 3.05) is 13.6 Å². The van der Waals surface area contributed by atoms with E-state index in [0.717, 1.165) is 12.6 Å². The molecule has 0 spiro atoms. The lowest BCUT2D eigenvalue weighted by Gasteiger charge is -2.20. The Labute approximate surface area is 162 Å². The van der Waals surface area contributed by atoms with Gasteiger partial charge in [0.05, 0.1) is 6.04 Å². The smallest absolute Gasteiger partial charge is 0.191 e. The van der Waals surface area contributed by atoms with Gasteiger partial charge in [0.2, 0.25) is 0 Å². The van der Waals surface area contributed by atoms with Gasteiger partial charge in [0.1, 0.15) is 0 Å². The number of guanidine groups is 1. The van der Waals surface area contributed by atoms with Crippen LogP contribution in [0.3, 0.4) is 0 Å². The molecule has 1 aromatic carbocycles. The van der Waals surface area contributed by atoms with Gasteiger partial charge in [-0.2, -0.15) is 11.3 Å². The average Bonchev–Trinajstić information content (AvgIpc) is 3.08. The molecular formula is C17H22F2IN3S. The number of hydrogen-bond acceptors (Lipinski definition) is 2. The summed E-state index contributed by atoms with van der Waals surface area (Å²) in [7, 11) is 1.68. The van der Waals surface area contributed by atoms with E-state index in [1.165, 1.54) is 11.6 Å². The van der Waals surface area contributed by atoms with Crippen LogP contribution in [0.1, 0.15) is 36.9 Å². The minimum absolute atomic E-state index is 0. The summed E-state index contributed by atoms with van der Waals surface area (Å²) >= 11 is 1.68. The van der Waals surface area contributed by atoms with E-state index in [0.29, 0.717) is 17.4 Å². The molecule has 0 bridgehead atoms. The fraction of sp³-hybridized carbons (Fsp3) is 0.353. The molecule has 3 nitrogen and oxygen atoms in total. The molecule has 0 saturated carbocycles.